The molecule has 0 aliphatic carbocycles. The molecular weight excluding hydrogens is 160 g/mol. The van der Waals surface area contributed by atoms with Gasteiger partial charge in [-0.25, -0.2) is 0 Å². The number of rotatable bonds is 1. The Kier molecular flexibility index (Phi) is 10.5. The van der Waals surface area contributed by atoms with Gasteiger partial charge in [0.25, 0.3) is 0 Å². The fraction of sp³-hybridized carbons (Fsp3) is 0.727. The molecule has 2 heteroatoms. The van der Waals surface area contributed by atoms with Crippen molar-refractivity contribution in [3.05, 3.63) is 17.5 Å². The largest absolute Gasteiger partial charge is 0.270 e. The second kappa shape index (κ2) is 9.30. The van der Waals surface area contributed by atoms with Crippen LogP contribution in [0.3, 0.4) is 0 Å². The summed E-state index contributed by atoms with van der Waals surface area (Å²) in [5, 5.41) is 4.25. The van der Waals surface area contributed by atoms with Crippen molar-refractivity contribution in [1.29, 1.82) is 0 Å². The van der Waals surface area contributed by atoms with Gasteiger partial charge in [-0.1, -0.05) is 27.7 Å². The molecule has 1 heterocycles. The molecule has 0 unspecified atom stereocenters. The average Bonchev–Trinajstić information content (AvgIpc) is 2.51. The highest BCUT2D eigenvalue weighted by atomic mass is 15.3. The molecule has 0 radical (unpaired) electrons. The Bertz CT molecular complexity index is 202. The second-order valence-corrected chi connectivity index (χ2v) is 2.24. The van der Waals surface area contributed by atoms with E-state index in [9.17, 15) is 0 Å². The van der Waals surface area contributed by atoms with E-state index >= 15 is 0 Å². The van der Waals surface area contributed by atoms with Crippen LogP contribution in [0.15, 0.2) is 6.07 Å². The highest BCUT2D eigenvalue weighted by Gasteiger charge is 1.95. The van der Waals surface area contributed by atoms with Crippen molar-refractivity contribution in [1.82, 2.24) is 9.78 Å². The number of aryl methyl sites for hydroxylation is 3. The summed E-state index contributed by atoms with van der Waals surface area (Å²) in [6.45, 7) is 15.2. The fourth-order valence-electron chi connectivity index (χ4n) is 0.995. The summed E-state index contributed by atoms with van der Waals surface area (Å²) >= 11 is 0. The van der Waals surface area contributed by atoms with Crippen molar-refractivity contribution in [2.24, 2.45) is 0 Å². The van der Waals surface area contributed by atoms with E-state index in [1.807, 2.05) is 39.3 Å². The van der Waals surface area contributed by atoms with E-state index < -0.39 is 0 Å². The Hall–Kier alpha value is -0.790. The lowest BCUT2D eigenvalue weighted by molar-refractivity contribution is 0.634. The van der Waals surface area contributed by atoms with Gasteiger partial charge in [-0.15, -0.1) is 0 Å². The van der Waals surface area contributed by atoms with Crippen molar-refractivity contribution >= 4 is 0 Å². The lowest BCUT2D eigenvalue weighted by Gasteiger charge is -1.95. The van der Waals surface area contributed by atoms with Crippen molar-refractivity contribution < 1.29 is 0 Å². The van der Waals surface area contributed by atoms with Gasteiger partial charge in [0.2, 0.25) is 0 Å². The molecule has 0 saturated carbocycles. The van der Waals surface area contributed by atoms with E-state index in [0.29, 0.717) is 0 Å². The molecule has 0 aromatic carbocycles. The summed E-state index contributed by atoms with van der Waals surface area (Å²) in [6.07, 6.45) is 0. The molecule has 0 bridgehead atoms. The molecular formula is C11H24N2. The first-order valence-electron chi connectivity index (χ1n) is 5.25. The fourth-order valence-corrected chi connectivity index (χ4v) is 0.995. The Morgan fingerprint density at radius 2 is 1.62 bits per heavy atom. The average molecular weight is 184 g/mol. The van der Waals surface area contributed by atoms with Crippen LogP contribution in [0.1, 0.15) is 46.0 Å². The first kappa shape index (κ1) is 14.7. The highest BCUT2D eigenvalue weighted by Crippen LogP contribution is 1.99. The molecule has 1 rings (SSSR count). The third kappa shape index (κ3) is 5.45. The Morgan fingerprint density at radius 3 is 1.77 bits per heavy atom. The quantitative estimate of drug-likeness (QED) is 0.652. The molecule has 1 aromatic heterocycles. The maximum atomic E-state index is 4.25. The van der Waals surface area contributed by atoms with Gasteiger partial charge in [0.05, 0.1) is 5.69 Å². The Labute approximate surface area is 83.0 Å². The van der Waals surface area contributed by atoms with E-state index in [2.05, 4.69) is 25.0 Å². The van der Waals surface area contributed by atoms with Crippen LogP contribution < -0.4 is 0 Å². The maximum absolute atomic E-state index is 4.25. The zero-order valence-corrected chi connectivity index (χ0v) is 10.2. The van der Waals surface area contributed by atoms with Gasteiger partial charge in [0.1, 0.15) is 0 Å². The van der Waals surface area contributed by atoms with Crippen LogP contribution in [0.2, 0.25) is 0 Å². The van der Waals surface area contributed by atoms with Crippen LogP contribution in [-0.2, 0) is 6.54 Å². The third-order valence-corrected chi connectivity index (χ3v) is 1.40. The maximum Gasteiger partial charge on any atom is 0.0596 e. The summed E-state index contributed by atoms with van der Waals surface area (Å²) in [4.78, 5) is 0. The summed E-state index contributed by atoms with van der Waals surface area (Å²) in [5.41, 5.74) is 2.35. The van der Waals surface area contributed by atoms with Crippen molar-refractivity contribution in [3.8, 4) is 0 Å². The Balaban J connectivity index is 0. The highest BCUT2D eigenvalue weighted by molar-refractivity contribution is 5.06. The molecule has 0 aliphatic heterocycles. The molecule has 0 spiro atoms. The van der Waals surface area contributed by atoms with Gasteiger partial charge in [-0.3, -0.25) is 4.68 Å². The van der Waals surface area contributed by atoms with Crippen LogP contribution in [0.5, 0.6) is 0 Å². The van der Waals surface area contributed by atoms with Crippen LogP contribution in [0, 0.1) is 13.8 Å². The van der Waals surface area contributed by atoms with E-state index in [4.69, 9.17) is 0 Å². The smallest absolute Gasteiger partial charge is 0.0596 e. The topological polar surface area (TPSA) is 17.8 Å². The van der Waals surface area contributed by atoms with Crippen LogP contribution in [0.25, 0.3) is 0 Å². The minimum Gasteiger partial charge on any atom is -0.270 e. The van der Waals surface area contributed by atoms with Gasteiger partial charge in [-0.2, -0.15) is 5.10 Å². The van der Waals surface area contributed by atoms with E-state index in [-0.39, 0.29) is 0 Å². The number of nitrogens with zero attached hydrogens (tertiary/aromatic N) is 2. The predicted octanol–water partition coefficient (Wildman–Crippen LogP) is 3.57. The van der Waals surface area contributed by atoms with E-state index in [1.54, 1.807) is 0 Å². The van der Waals surface area contributed by atoms with Crippen LogP contribution in [0.4, 0.5) is 0 Å². The second-order valence-electron chi connectivity index (χ2n) is 2.24. The van der Waals surface area contributed by atoms with Crippen molar-refractivity contribution in [2.45, 2.75) is 55.0 Å². The molecule has 0 atom stereocenters. The number of aromatic nitrogens is 2. The lowest BCUT2D eigenvalue weighted by Crippen LogP contribution is -1.97. The SMILES string of the molecule is CC.CC.CCn1nc(C)cc1C. The summed E-state index contributed by atoms with van der Waals surface area (Å²) < 4.78 is 2.00. The minimum atomic E-state index is 0.972. The summed E-state index contributed by atoms with van der Waals surface area (Å²) in [5.74, 6) is 0. The molecule has 0 saturated heterocycles. The zero-order valence-electron chi connectivity index (χ0n) is 10.2. The standard InChI is InChI=1S/C7H12N2.2C2H6/c1-4-9-7(3)5-6(2)8-9;2*1-2/h5H,4H2,1-3H3;2*1-2H3. The summed E-state index contributed by atoms with van der Waals surface area (Å²) in [7, 11) is 0. The molecule has 0 N–H and O–H groups in total. The minimum absolute atomic E-state index is 0.972. The molecule has 1 aromatic rings. The lowest BCUT2D eigenvalue weighted by atomic mass is 10.4. The zero-order chi connectivity index (χ0) is 10.9. The third-order valence-electron chi connectivity index (χ3n) is 1.40. The first-order valence-corrected chi connectivity index (χ1v) is 5.25. The van der Waals surface area contributed by atoms with Gasteiger partial charge >= 0.3 is 0 Å². The normalized spacial score (nSPS) is 7.92. The van der Waals surface area contributed by atoms with E-state index in [0.717, 1.165) is 12.2 Å². The molecule has 13 heavy (non-hydrogen) atoms. The van der Waals surface area contributed by atoms with E-state index in [1.165, 1.54) is 5.69 Å². The Morgan fingerprint density at radius 1 is 1.15 bits per heavy atom. The molecule has 0 amide bonds. The van der Waals surface area contributed by atoms with Gasteiger partial charge in [0, 0.05) is 12.2 Å². The van der Waals surface area contributed by atoms with Crippen LogP contribution in [-0.4, -0.2) is 9.78 Å². The molecule has 0 fully saturated rings. The predicted molar refractivity (Wildman–Crippen MR) is 60.1 cm³/mol. The molecule has 0 aliphatic rings. The van der Waals surface area contributed by atoms with Gasteiger partial charge in [0.15, 0.2) is 0 Å². The summed E-state index contributed by atoms with van der Waals surface area (Å²) in [6, 6.07) is 2.09. The monoisotopic (exact) mass is 184 g/mol. The van der Waals surface area contributed by atoms with Crippen molar-refractivity contribution in [2.75, 3.05) is 0 Å². The molecule has 78 valence electrons. The van der Waals surface area contributed by atoms with Gasteiger partial charge < -0.3 is 0 Å². The van der Waals surface area contributed by atoms with Crippen molar-refractivity contribution in [3.63, 3.8) is 0 Å². The number of hydrogen-bond acceptors (Lipinski definition) is 1. The van der Waals surface area contributed by atoms with Crippen LogP contribution >= 0.6 is 0 Å². The van der Waals surface area contributed by atoms with Gasteiger partial charge in [-0.05, 0) is 26.8 Å². The number of hydrogen-bond donors (Lipinski definition) is 0. The molecule has 2 nitrogen and oxygen atoms in total. The first-order chi connectivity index (χ1) is 6.24.